The van der Waals surface area contributed by atoms with Gasteiger partial charge in [-0.1, -0.05) is 11.6 Å². The van der Waals surface area contributed by atoms with Crippen molar-refractivity contribution in [2.45, 2.75) is 32.5 Å². The van der Waals surface area contributed by atoms with Crippen molar-refractivity contribution < 1.29 is 22.6 Å². The molecule has 168 valence electrons. The number of hydrogen-bond donors (Lipinski definition) is 0. The summed E-state index contributed by atoms with van der Waals surface area (Å²) in [4.78, 5) is 18.1. The number of anilines is 1. The van der Waals surface area contributed by atoms with E-state index in [1.54, 1.807) is 10.6 Å². The van der Waals surface area contributed by atoms with Crippen LogP contribution in [0.15, 0.2) is 41.2 Å². The van der Waals surface area contributed by atoms with Gasteiger partial charge in [-0.05, 0) is 43.2 Å². The van der Waals surface area contributed by atoms with E-state index in [1.807, 2.05) is 18.9 Å². The Kier molecular flexibility index (Phi) is 6.01. The second-order valence-corrected chi connectivity index (χ2v) is 7.90. The first-order chi connectivity index (χ1) is 15.2. The predicted octanol–water partition coefficient (Wildman–Crippen LogP) is 4.91. The van der Waals surface area contributed by atoms with Gasteiger partial charge in [0.1, 0.15) is 24.0 Å². The molecular formula is C22H19ClF3N3O3. The van der Waals surface area contributed by atoms with Crippen LogP contribution < -0.4 is 20.1 Å². The first-order valence-electron chi connectivity index (χ1n) is 9.81. The first-order valence-corrected chi connectivity index (χ1v) is 10.2. The Balaban J connectivity index is 1.52. The molecule has 2 aromatic carbocycles. The Hall–Kier alpha value is -3.20. The molecule has 3 aromatic rings. The standard InChI is InChI=1S/C22H19ClF3N3O3/c1-12-5-6-29-20(28(12)2)10-19(27-22(29)30)31-11-13-7-17(25)21(18(26)8-13)32-14-3-4-16(24)15(23)9-14/h3-4,7-10,12H,5-6,11H2,1-2H3/t12-/m1/s1. The van der Waals surface area contributed by atoms with Gasteiger partial charge in [-0.2, -0.15) is 4.98 Å². The molecular weight excluding hydrogens is 447 g/mol. The van der Waals surface area contributed by atoms with Gasteiger partial charge >= 0.3 is 5.69 Å². The fourth-order valence-electron chi connectivity index (χ4n) is 3.39. The second kappa shape index (κ2) is 8.74. The van der Waals surface area contributed by atoms with Crippen molar-refractivity contribution in [3.05, 3.63) is 74.9 Å². The Bertz CT molecular complexity index is 1210. The fraction of sp³-hybridized carbons (Fsp3) is 0.273. The summed E-state index contributed by atoms with van der Waals surface area (Å²) in [6, 6.07) is 7.31. The van der Waals surface area contributed by atoms with Gasteiger partial charge in [-0.15, -0.1) is 0 Å². The summed E-state index contributed by atoms with van der Waals surface area (Å²) < 4.78 is 54.5. The van der Waals surface area contributed by atoms with Crippen LogP contribution in [0.4, 0.5) is 19.0 Å². The molecule has 0 fully saturated rings. The number of fused-ring (bicyclic) bond motifs is 1. The zero-order valence-corrected chi connectivity index (χ0v) is 18.0. The topological polar surface area (TPSA) is 56.6 Å². The van der Waals surface area contributed by atoms with Crippen LogP contribution >= 0.6 is 11.6 Å². The molecule has 0 aliphatic carbocycles. The molecule has 0 spiro atoms. The molecule has 1 aliphatic heterocycles. The molecule has 2 heterocycles. The maximum atomic E-state index is 14.5. The molecule has 1 aromatic heterocycles. The first kappa shape index (κ1) is 22.0. The summed E-state index contributed by atoms with van der Waals surface area (Å²) >= 11 is 5.66. The molecule has 0 bridgehead atoms. The lowest BCUT2D eigenvalue weighted by molar-refractivity contribution is 0.287. The van der Waals surface area contributed by atoms with Crippen LogP contribution in [0.2, 0.25) is 5.02 Å². The maximum absolute atomic E-state index is 14.5. The third-order valence-corrected chi connectivity index (χ3v) is 5.60. The molecule has 10 heteroatoms. The summed E-state index contributed by atoms with van der Waals surface area (Å²) in [7, 11) is 1.87. The van der Waals surface area contributed by atoms with Crippen LogP contribution in [0.25, 0.3) is 0 Å². The zero-order chi connectivity index (χ0) is 23.0. The molecule has 6 nitrogen and oxygen atoms in total. The number of ether oxygens (including phenoxy) is 2. The lowest BCUT2D eigenvalue weighted by Crippen LogP contribution is -2.41. The number of aromatic nitrogens is 2. The SMILES string of the molecule is C[C@@H]1CCn2c(cc(OCc3cc(F)c(Oc4ccc(F)c(Cl)c4)c(F)c3)nc2=O)N1C. The van der Waals surface area contributed by atoms with E-state index < -0.39 is 28.9 Å². The Morgan fingerprint density at radius 1 is 1.12 bits per heavy atom. The highest BCUT2D eigenvalue weighted by Gasteiger charge is 2.22. The summed E-state index contributed by atoms with van der Waals surface area (Å²) in [5.41, 5.74) is -0.277. The Labute approximate surface area is 186 Å². The molecule has 0 saturated heterocycles. The summed E-state index contributed by atoms with van der Waals surface area (Å²) in [5, 5.41) is -0.234. The molecule has 4 rings (SSSR count). The Morgan fingerprint density at radius 2 is 1.84 bits per heavy atom. The molecule has 0 radical (unpaired) electrons. The highest BCUT2D eigenvalue weighted by molar-refractivity contribution is 6.30. The predicted molar refractivity (Wildman–Crippen MR) is 113 cm³/mol. The van der Waals surface area contributed by atoms with Crippen molar-refractivity contribution in [3.8, 4) is 17.4 Å². The van der Waals surface area contributed by atoms with Gasteiger partial charge in [0.15, 0.2) is 17.4 Å². The van der Waals surface area contributed by atoms with E-state index in [4.69, 9.17) is 21.1 Å². The quantitative estimate of drug-likeness (QED) is 0.535. The average molecular weight is 466 g/mol. The number of benzene rings is 2. The van der Waals surface area contributed by atoms with Gasteiger partial charge in [-0.25, -0.2) is 18.0 Å². The van der Waals surface area contributed by atoms with Crippen molar-refractivity contribution >= 4 is 17.4 Å². The number of rotatable bonds is 5. The van der Waals surface area contributed by atoms with E-state index in [0.717, 1.165) is 30.7 Å². The van der Waals surface area contributed by atoms with Crippen molar-refractivity contribution in [1.29, 1.82) is 0 Å². The second-order valence-electron chi connectivity index (χ2n) is 7.49. The van der Waals surface area contributed by atoms with E-state index in [1.165, 1.54) is 6.07 Å². The minimum atomic E-state index is -0.976. The summed E-state index contributed by atoms with van der Waals surface area (Å²) in [6.45, 7) is 2.39. The smallest absolute Gasteiger partial charge is 0.352 e. The third kappa shape index (κ3) is 4.38. The monoisotopic (exact) mass is 465 g/mol. The van der Waals surface area contributed by atoms with Crippen molar-refractivity contribution in [1.82, 2.24) is 9.55 Å². The van der Waals surface area contributed by atoms with Gasteiger partial charge in [0, 0.05) is 31.8 Å². The van der Waals surface area contributed by atoms with E-state index in [0.29, 0.717) is 12.4 Å². The molecule has 0 amide bonds. The molecule has 1 aliphatic rings. The number of hydrogen-bond acceptors (Lipinski definition) is 5. The Morgan fingerprint density at radius 3 is 2.53 bits per heavy atom. The van der Waals surface area contributed by atoms with E-state index in [-0.39, 0.29) is 34.9 Å². The highest BCUT2D eigenvalue weighted by Crippen LogP contribution is 2.31. The molecule has 0 saturated carbocycles. The molecule has 1 atom stereocenters. The van der Waals surface area contributed by atoms with Crippen LogP contribution in [0.3, 0.4) is 0 Å². The van der Waals surface area contributed by atoms with Crippen molar-refractivity contribution in [2.24, 2.45) is 0 Å². The van der Waals surface area contributed by atoms with Crippen LogP contribution in [-0.4, -0.2) is 22.6 Å². The van der Waals surface area contributed by atoms with E-state index >= 15 is 0 Å². The summed E-state index contributed by atoms with van der Waals surface area (Å²) in [6.07, 6.45) is 0.822. The fourth-order valence-corrected chi connectivity index (χ4v) is 3.56. The van der Waals surface area contributed by atoms with Gasteiger partial charge < -0.3 is 14.4 Å². The van der Waals surface area contributed by atoms with E-state index in [9.17, 15) is 18.0 Å². The average Bonchev–Trinajstić information content (AvgIpc) is 2.74. The lowest BCUT2D eigenvalue weighted by Gasteiger charge is -2.34. The maximum Gasteiger partial charge on any atom is 0.352 e. The van der Waals surface area contributed by atoms with Gasteiger partial charge in [0.2, 0.25) is 5.88 Å². The summed E-state index contributed by atoms with van der Waals surface area (Å²) in [5.74, 6) is -2.58. The minimum Gasteiger partial charge on any atom is -0.473 e. The zero-order valence-electron chi connectivity index (χ0n) is 17.2. The lowest BCUT2D eigenvalue weighted by atomic mass is 10.1. The third-order valence-electron chi connectivity index (χ3n) is 5.31. The molecule has 0 N–H and O–H groups in total. The minimum absolute atomic E-state index is 0.0183. The number of nitrogens with zero attached hydrogens (tertiary/aromatic N) is 3. The normalized spacial score (nSPS) is 15.4. The van der Waals surface area contributed by atoms with Crippen molar-refractivity contribution in [3.63, 3.8) is 0 Å². The van der Waals surface area contributed by atoms with Crippen molar-refractivity contribution in [2.75, 3.05) is 11.9 Å². The molecule has 0 unspecified atom stereocenters. The number of halogens is 4. The molecule has 32 heavy (non-hydrogen) atoms. The van der Waals surface area contributed by atoms with Crippen LogP contribution in [0.1, 0.15) is 18.9 Å². The highest BCUT2D eigenvalue weighted by atomic mass is 35.5. The van der Waals surface area contributed by atoms with Gasteiger partial charge in [0.25, 0.3) is 0 Å². The van der Waals surface area contributed by atoms with Crippen LogP contribution in [0, 0.1) is 17.5 Å². The van der Waals surface area contributed by atoms with E-state index in [2.05, 4.69) is 4.98 Å². The van der Waals surface area contributed by atoms with Crippen LogP contribution in [-0.2, 0) is 13.2 Å². The van der Waals surface area contributed by atoms with Gasteiger partial charge in [0.05, 0.1) is 5.02 Å². The largest absolute Gasteiger partial charge is 0.473 e. The van der Waals surface area contributed by atoms with Crippen LogP contribution in [0.5, 0.6) is 17.4 Å². The van der Waals surface area contributed by atoms with Gasteiger partial charge in [-0.3, -0.25) is 4.57 Å².